The number of nitrogens with zero attached hydrogens (tertiary/aromatic N) is 1. The minimum atomic E-state index is -3.61. The molecule has 0 saturated heterocycles. The van der Waals surface area contributed by atoms with Crippen molar-refractivity contribution in [3.63, 3.8) is 0 Å². The van der Waals surface area contributed by atoms with Gasteiger partial charge in [-0.15, -0.1) is 0 Å². The molecule has 0 aliphatic heterocycles. The van der Waals surface area contributed by atoms with Crippen molar-refractivity contribution < 1.29 is 13.2 Å². The smallest absolute Gasteiger partial charge is 0.244 e. The molecule has 0 fully saturated rings. The minimum absolute atomic E-state index is 0.154. The molecule has 0 atom stereocenters. The van der Waals surface area contributed by atoms with Gasteiger partial charge in [-0.3, -0.25) is 0 Å². The largest absolute Gasteiger partial charge is 0.383 e. The second-order valence-corrected chi connectivity index (χ2v) is 7.78. The minimum Gasteiger partial charge on any atom is -0.383 e. The van der Waals surface area contributed by atoms with E-state index < -0.39 is 10.0 Å². The first-order valence-electron chi connectivity index (χ1n) is 6.75. The lowest BCUT2D eigenvalue weighted by molar-refractivity contribution is 0.171. The van der Waals surface area contributed by atoms with Crippen molar-refractivity contribution in [3.05, 3.63) is 27.7 Å². The standard InChI is InChI=1S/C14H23BrN2O3S/c1-10(2)17(5-6-20-4)21(18,19)13-8-12(9-16)7-11(3)14(13)15/h7-8,10H,5-6,9,16H2,1-4H3. The number of rotatable bonds is 7. The average molecular weight is 379 g/mol. The molecule has 0 saturated carbocycles. The van der Waals surface area contributed by atoms with Crippen LogP contribution in [0.25, 0.3) is 0 Å². The number of nitrogens with two attached hydrogens (primary N) is 1. The molecular weight excluding hydrogens is 356 g/mol. The zero-order chi connectivity index (χ0) is 16.2. The van der Waals surface area contributed by atoms with Gasteiger partial charge in [-0.2, -0.15) is 4.31 Å². The number of sulfonamides is 1. The van der Waals surface area contributed by atoms with Crippen molar-refractivity contribution in [1.82, 2.24) is 4.31 Å². The molecule has 0 aromatic heterocycles. The zero-order valence-electron chi connectivity index (χ0n) is 12.9. The summed E-state index contributed by atoms with van der Waals surface area (Å²) >= 11 is 3.39. The highest BCUT2D eigenvalue weighted by atomic mass is 79.9. The van der Waals surface area contributed by atoms with Crippen LogP contribution >= 0.6 is 15.9 Å². The Hall–Kier alpha value is -0.470. The SMILES string of the molecule is COCCN(C(C)C)S(=O)(=O)c1cc(CN)cc(C)c1Br. The number of ether oxygens (including phenoxy) is 1. The maximum Gasteiger partial charge on any atom is 0.244 e. The Balaban J connectivity index is 3.37. The van der Waals surface area contributed by atoms with E-state index in [1.165, 1.54) is 4.31 Å². The molecule has 1 rings (SSSR count). The Morgan fingerprint density at radius 3 is 2.48 bits per heavy atom. The number of methoxy groups -OCH3 is 1. The third kappa shape index (κ3) is 4.26. The fourth-order valence-corrected chi connectivity index (χ4v) is 4.73. The number of hydrogen-bond donors (Lipinski definition) is 1. The highest BCUT2D eigenvalue weighted by molar-refractivity contribution is 9.10. The Morgan fingerprint density at radius 1 is 1.38 bits per heavy atom. The predicted molar refractivity (Wildman–Crippen MR) is 87.7 cm³/mol. The maximum absolute atomic E-state index is 12.9. The molecule has 0 amide bonds. The summed E-state index contributed by atoms with van der Waals surface area (Å²) in [6.45, 7) is 6.52. The lowest BCUT2D eigenvalue weighted by atomic mass is 10.1. The van der Waals surface area contributed by atoms with E-state index in [1.807, 2.05) is 26.8 Å². The topological polar surface area (TPSA) is 72.6 Å². The Morgan fingerprint density at radius 2 is 2.00 bits per heavy atom. The van der Waals surface area contributed by atoms with Crippen molar-refractivity contribution in [1.29, 1.82) is 0 Å². The van der Waals surface area contributed by atoms with E-state index in [2.05, 4.69) is 15.9 Å². The Labute approximate surface area is 135 Å². The van der Waals surface area contributed by atoms with Crippen LogP contribution < -0.4 is 5.73 Å². The highest BCUT2D eigenvalue weighted by Gasteiger charge is 2.29. The normalized spacial score (nSPS) is 12.4. The fraction of sp³-hybridized carbons (Fsp3) is 0.571. The van der Waals surface area contributed by atoms with E-state index in [0.29, 0.717) is 24.2 Å². The van der Waals surface area contributed by atoms with E-state index in [0.717, 1.165) is 11.1 Å². The quantitative estimate of drug-likeness (QED) is 0.789. The van der Waals surface area contributed by atoms with Gasteiger partial charge < -0.3 is 10.5 Å². The molecule has 21 heavy (non-hydrogen) atoms. The summed E-state index contributed by atoms with van der Waals surface area (Å²) in [4.78, 5) is 0.257. The van der Waals surface area contributed by atoms with Crippen molar-refractivity contribution in [2.45, 2.75) is 38.3 Å². The van der Waals surface area contributed by atoms with Gasteiger partial charge in [0, 0.05) is 30.7 Å². The molecule has 0 aliphatic carbocycles. The van der Waals surface area contributed by atoms with Crippen LogP contribution in [0.5, 0.6) is 0 Å². The third-order valence-electron chi connectivity index (χ3n) is 3.20. The summed E-state index contributed by atoms with van der Waals surface area (Å²) < 4.78 is 32.9. The molecule has 0 radical (unpaired) electrons. The van der Waals surface area contributed by atoms with Gasteiger partial charge in [-0.1, -0.05) is 6.07 Å². The van der Waals surface area contributed by atoms with Gasteiger partial charge in [0.15, 0.2) is 0 Å². The number of halogens is 1. The van der Waals surface area contributed by atoms with E-state index in [1.54, 1.807) is 13.2 Å². The molecule has 0 spiro atoms. The summed E-state index contributed by atoms with van der Waals surface area (Å²) in [6.07, 6.45) is 0. The van der Waals surface area contributed by atoms with Gasteiger partial charge in [-0.05, 0) is 53.9 Å². The van der Waals surface area contributed by atoms with Crippen LogP contribution in [0, 0.1) is 6.92 Å². The second kappa shape index (κ2) is 7.69. The van der Waals surface area contributed by atoms with Crippen molar-refractivity contribution in [3.8, 4) is 0 Å². The van der Waals surface area contributed by atoms with Crippen molar-refractivity contribution >= 4 is 26.0 Å². The van der Waals surface area contributed by atoms with Gasteiger partial charge in [0.1, 0.15) is 0 Å². The molecule has 1 aromatic carbocycles. The molecule has 5 nitrogen and oxygen atoms in total. The molecule has 120 valence electrons. The molecule has 7 heteroatoms. The van der Waals surface area contributed by atoms with Crippen LogP contribution in [-0.4, -0.2) is 39.0 Å². The summed E-state index contributed by atoms with van der Waals surface area (Å²) in [5.41, 5.74) is 7.30. The maximum atomic E-state index is 12.9. The van der Waals surface area contributed by atoms with Crippen LogP contribution in [0.3, 0.4) is 0 Å². The third-order valence-corrected chi connectivity index (χ3v) is 6.61. The van der Waals surface area contributed by atoms with Crippen LogP contribution in [-0.2, 0) is 21.3 Å². The van der Waals surface area contributed by atoms with Crippen LogP contribution in [0.1, 0.15) is 25.0 Å². The zero-order valence-corrected chi connectivity index (χ0v) is 15.3. The average Bonchev–Trinajstić information content (AvgIpc) is 2.41. The monoisotopic (exact) mass is 378 g/mol. The van der Waals surface area contributed by atoms with Crippen LogP contribution in [0.4, 0.5) is 0 Å². The van der Waals surface area contributed by atoms with Gasteiger partial charge >= 0.3 is 0 Å². The molecule has 0 unspecified atom stereocenters. The summed E-state index contributed by atoms with van der Waals surface area (Å²) in [5.74, 6) is 0. The van der Waals surface area contributed by atoms with Crippen LogP contribution in [0.15, 0.2) is 21.5 Å². The van der Waals surface area contributed by atoms with Crippen LogP contribution in [0.2, 0.25) is 0 Å². The molecule has 0 bridgehead atoms. The first-order chi connectivity index (χ1) is 9.75. The van der Waals surface area contributed by atoms with Gasteiger partial charge in [0.05, 0.1) is 11.5 Å². The fourth-order valence-electron chi connectivity index (χ4n) is 2.08. The highest BCUT2D eigenvalue weighted by Crippen LogP contribution is 2.30. The van der Waals surface area contributed by atoms with E-state index in [9.17, 15) is 8.42 Å². The number of hydrogen-bond acceptors (Lipinski definition) is 4. The Kier molecular flexibility index (Phi) is 6.80. The lowest BCUT2D eigenvalue weighted by Crippen LogP contribution is -2.39. The summed E-state index contributed by atoms with van der Waals surface area (Å²) in [5, 5.41) is 0. The molecule has 1 aromatic rings. The molecule has 0 heterocycles. The molecular formula is C14H23BrN2O3S. The van der Waals surface area contributed by atoms with Crippen molar-refractivity contribution in [2.24, 2.45) is 5.73 Å². The van der Waals surface area contributed by atoms with Gasteiger partial charge in [0.25, 0.3) is 0 Å². The summed E-state index contributed by atoms with van der Waals surface area (Å²) in [6, 6.07) is 3.37. The first kappa shape index (κ1) is 18.6. The van der Waals surface area contributed by atoms with E-state index in [4.69, 9.17) is 10.5 Å². The van der Waals surface area contributed by atoms with Gasteiger partial charge in [0.2, 0.25) is 10.0 Å². The van der Waals surface area contributed by atoms with E-state index in [-0.39, 0.29) is 10.9 Å². The predicted octanol–water partition coefficient (Wildman–Crippen LogP) is 2.26. The van der Waals surface area contributed by atoms with E-state index >= 15 is 0 Å². The van der Waals surface area contributed by atoms with Gasteiger partial charge in [-0.25, -0.2) is 8.42 Å². The van der Waals surface area contributed by atoms with Crippen molar-refractivity contribution in [2.75, 3.05) is 20.3 Å². The summed E-state index contributed by atoms with van der Waals surface area (Å²) in [7, 11) is -2.05. The Bertz CT molecular complexity index is 588. The molecule has 2 N–H and O–H groups in total. The molecule has 0 aliphatic rings. The second-order valence-electron chi connectivity index (χ2n) is 5.13. The number of benzene rings is 1. The number of aryl methyl sites for hydroxylation is 1. The first-order valence-corrected chi connectivity index (χ1v) is 8.98. The lowest BCUT2D eigenvalue weighted by Gasteiger charge is -2.26.